The molecule has 160 valence electrons. The zero-order valence-corrected chi connectivity index (χ0v) is 18.7. The van der Waals surface area contributed by atoms with Crippen LogP contribution in [0.5, 0.6) is 0 Å². The zero-order valence-electron chi connectivity index (χ0n) is 18.7. The average Bonchev–Trinajstić information content (AvgIpc) is 2.96. The van der Waals surface area contributed by atoms with Crippen LogP contribution in [-0.4, -0.2) is 22.5 Å². The summed E-state index contributed by atoms with van der Waals surface area (Å²) in [6.07, 6.45) is 11.4. The lowest BCUT2D eigenvalue weighted by Gasteiger charge is -2.57. The fraction of sp³-hybridized carbons (Fsp3) is 0.760. The van der Waals surface area contributed by atoms with Crippen LogP contribution in [0, 0.1) is 34.5 Å². The van der Waals surface area contributed by atoms with Crippen molar-refractivity contribution in [1.29, 1.82) is 0 Å². The van der Waals surface area contributed by atoms with Crippen LogP contribution in [0.15, 0.2) is 23.3 Å². The minimum Gasteiger partial charge on any atom is -0.478 e. The SMILES string of the molecule is CC(C)(C)NC(=O)C1CC[C@@H]2[C@@H]3CC=C4C=C(C(=O)O)CC[C@]4(C)[C@@H]3CC[C@]12C. The molecule has 1 amide bonds. The molecule has 0 aromatic rings. The number of carboxylic acid groups (broad SMARTS) is 1. The highest BCUT2D eigenvalue weighted by molar-refractivity contribution is 5.87. The van der Waals surface area contributed by atoms with E-state index in [1.165, 1.54) is 5.57 Å². The van der Waals surface area contributed by atoms with Crippen LogP contribution in [0.2, 0.25) is 0 Å². The van der Waals surface area contributed by atoms with E-state index in [-0.39, 0.29) is 28.2 Å². The molecule has 0 spiro atoms. The summed E-state index contributed by atoms with van der Waals surface area (Å²) in [6, 6.07) is 0. The van der Waals surface area contributed by atoms with E-state index >= 15 is 0 Å². The van der Waals surface area contributed by atoms with Crippen LogP contribution >= 0.6 is 0 Å². The molecule has 2 saturated carbocycles. The summed E-state index contributed by atoms with van der Waals surface area (Å²) in [5, 5.41) is 12.7. The first-order valence-electron chi connectivity index (χ1n) is 11.4. The van der Waals surface area contributed by atoms with Crippen molar-refractivity contribution in [1.82, 2.24) is 5.32 Å². The molecule has 29 heavy (non-hydrogen) atoms. The van der Waals surface area contributed by atoms with Gasteiger partial charge in [0.15, 0.2) is 0 Å². The highest BCUT2D eigenvalue weighted by atomic mass is 16.4. The standard InChI is InChI=1S/C25H37NO3/c1-23(2,3)26-21(27)20-9-8-18-17-7-6-16-14-15(22(28)29)10-12-24(16,4)19(17)11-13-25(18,20)5/h6,14,17-20H,7-13H2,1-5H3,(H,26,27)(H,28,29)/t17-,18+,19+,20?,24-,25-/m0/s1. The van der Waals surface area contributed by atoms with Crippen LogP contribution in [0.4, 0.5) is 0 Å². The van der Waals surface area contributed by atoms with Crippen molar-refractivity contribution in [2.75, 3.05) is 0 Å². The van der Waals surface area contributed by atoms with E-state index in [0.717, 1.165) is 38.5 Å². The molecule has 0 aliphatic heterocycles. The van der Waals surface area contributed by atoms with Gasteiger partial charge in [-0.05, 0) is 106 Å². The van der Waals surface area contributed by atoms with Crippen molar-refractivity contribution in [3.8, 4) is 0 Å². The number of aliphatic carboxylic acids is 1. The van der Waals surface area contributed by atoms with E-state index in [0.29, 0.717) is 29.7 Å². The van der Waals surface area contributed by atoms with Gasteiger partial charge >= 0.3 is 5.97 Å². The summed E-state index contributed by atoms with van der Waals surface area (Å²) < 4.78 is 0. The van der Waals surface area contributed by atoms with Crippen molar-refractivity contribution in [3.05, 3.63) is 23.3 Å². The van der Waals surface area contributed by atoms with Gasteiger partial charge in [0, 0.05) is 17.0 Å². The van der Waals surface area contributed by atoms with Gasteiger partial charge in [-0.2, -0.15) is 0 Å². The van der Waals surface area contributed by atoms with E-state index in [9.17, 15) is 14.7 Å². The van der Waals surface area contributed by atoms with Crippen LogP contribution in [0.3, 0.4) is 0 Å². The number of allylic oxidation sites excluding steroid dienone is 3. The molecule has 4 aliphatic rings. The Bertz CT molecular complexity index is 788. The van der Waals surface area contributed by atoms with Gasteiger partial charge in [-0.25, -0.2) is 4.79 Å². The quantitative estimate of drug-likeness (QED) is 0.679. The number of hydrogen-bond donors (Lipinski definition) is 2. The number of nitrogens with one attached hydrogen (secondary N) is 1. The van der Waals surface area contributed by atoms with Crippen LogP contribution < -0.4 is 5.32 Å². The predicted molar refractivity (Wildman–Crippen MR) is 114 cm³/mol. The van der Waals surface area contributed by atoms with Crippen molar-refractivity contribution in [3.63, 3.8) is 0 Å². The zero-order chi connectivity index (χ0) is 21.2. The largest absolute Gasteiger partial charge is 0.478 e. The number of rotatable bonds is 2. The lowest BCUT2D eigenvalue weighted by Crippen LogP contribution is -2.52. The Morgan fingerprint density at radius 3 is 2.48 bits per heavy atom. The Morgan fingerprint density at radius 2 is 1.83 bits per heavy atom. The van der Waals surface area contributed by atoms with Crippen LogP contribution in [0.1, 0.15) is 79.6 Å². The molecule has 2 fully saturated rings. The molecular formula is C25H37NO3. The summed E-state index contributed by atoms with van der Waals surface area (Å²) in [5.41, 5.74) is 1.82. The fourth-order valence-electron chi connectivity index (χ4n) is 7.38. The Kier molecular flexibility index (Phi) is 4.79. The van der Waals surface area contributed by atoms with Gasteiger partial charge < -0.3 is 10.4 Å². The van der Waals surface area contributed by atoms with Gasteiger partial charge in [0.25, 0.3) is 0 Å². The topological polar surface area (TPSA) is 66.4 Å². The summed E-state index contributed by atoms with van der Waals surface area (Å²) in [4.78, 5) is 24.6. The van der Waals surface area contributed by atoms with Crippen molar-refractivity contribution in [2.24, 2.45) is 34.5 Å². The lowest BCUT2D eigenvalue weighted by molar-refractivity contribution is -0.133. The van der Waals surface area contributed by atoms with Gasteiger partial charge in [-0.15, -0.1) is 0 Å². The highest BCUT2D eigenvalue weighted by Crippen LogP contribution is 2.66. The summed E-state index contributed by atoms with van der Waals surface area (Å²) in [7, 11) is 0. The molecule has 4 rings (SSSR count). The Hall–Kier alpha value is -1.58. The summed E-state index contributed by atoms with van der Waals surface area (Å²) in [6.45, 7) is 10.9. The van der Waals surface area contributed by atoms with Crippen LogP contribution in [-0.2, 0) is 9.59 Å². The van der Waals surface area contributed by atoms with Gasteiger partial charge in [-0.1, -0.05) is 19.9 Å². The summed E-state index contributed by atoms with van der Waals surface area (Å²) >= 11 is 0. The van der Waals surface area contributed by atoms with E-state index in [1.54, 1.807) is 0 Å². The molecule has 4 aliphatic carbocycles. The molecule has 2 N–H and O–H groups in total. The molecule has 0 heterocycles. The number of hydrogen-bond acceptors (Lipinski definition) is 2. The second-order valence-corrected chi connectivity index (χ2v) is 11.6. The monoisotopic (exact) mass is 399 g/mol. The third kappa shape index (κ3) is 3.27. The maximum absolute atomic E-state index is 13.1. The number of amides is 1. The number of fused-ring (bicyclic) bond motifs is 5. The van der Waals surface area contributed by atoms with Gasteiger partial charge in [-0.3, -0.25) is 4.79 Å². The van der Waals surface area contributed by atoms with Crippen molar-refractivity contribution >= 4 is 11.9 Å². The second-order valence-electron chi connectivity index (χ2n) is 11.6. The third-order valence-corrected chi connectivity index (χ3v) is 8.86. The van der Waals surface area contributed by atoms with E-state index in [1.807, 2.05) is 6.08 Å². The maximum atomic E-state index is 13.1. The van der Waals surface area contributed by atoms with E-state index in [4.69, 9.17) is 0 Å². The van der Waals surface area contributed by atoms with Gasteiger partial charge in [0.2, 0.25) is 5.91 Å². The third-order valence-electron chi connectivity index (χ3n) is 8.86. The molecule has 0 bridgehead atoms. The molecule has 1 unspecified atom stereocenters. The fourth-order valence-corrected chi connectivity index (χ4v) is 7.38. The van der Waals surface area contributed by atoms with Gasteiger partial charge in [0.1, 0.15) is 0 Å². The predicted octanol–water partition coefficient (Wildman–Crippen LogP) is 5.10. The van der Waals surface area contributed by atoms with E-state index < -0.39 is 5.97 Å². The molecule has 0 aromatic carbocycles. The maximum Gasteiger partial charge on any atom is 0.331 e. The first kappa shape index (κ1) is 20.7. The Morgan fingerprint density at radius 1 is 1.10 bits per heavy atom. The average molecular weight is 400 g/mol. The number of carbonyl (C=O) groups excluding carboxylic acids is 1. The lowest BCUT2D eigenvalue weighted by atomic mass is 9.48. The molecule has 6 atom stereocenters. The van der Waals surface area contributed by atoms with E-state index in [2.05, 4.69) is 46.0 Å². The molecule has 0 saturated heterocycles. The molecule has 4 heteroatoms. The van der Waals surface area contributed by atoms with Gasteiger partial charge in [0.05, 0.1) is 0 Å². The first-order chi connectivity index (χ1) is 13.5. The minimum atomic E-state index is -0.769. The Balaban J connectivity index is 1.60. The number of carboxylic acids is 1. The smallest absolute Gasteiger partial charge is 0.331 e. The summed E-state index contributed by atoms with van der Waals surface area (Å²) in [5.74, 6) is 1.42. The van der Waals surface area contributed by atoms with Crippen LogP contribution in [0.25, 0.3) is 0 Å². The molecule has 0 aromatic heterocycles. The van der Waals surface area contributed by atoms with Crippen molar-refractivity contribution < 1.29 is 14.7 Å². The molecular weight excluding hydrogens is 362 g/mol. The number of carbonyl (C=O) groups is 2. The minimum absolute atomic E-state index is 0.0922. The molecule has 0 radical (unpaired) electrons. The first-order valence-corrected chi connectivity index (χ1v) is 11.4. The Labute approximate surface area is 175 Å². The van der Waals surface area contributed by atoms with Crippen molar-refractivity contribution in [2.45, 2.75) is 85.1 Å². The molecule has 4 nitrogen and oxygen atoms in total. The second kappa shape index (κ2) is 6.72. The highest BCUT2D eigenvalue weighted by Gasteiger charge is 2.59. The normalized spacial score (nSPS) is 41.4.